The van der Waals surface area contributed by atoms with Crippen LogP contribution in [0, 0.1) is 6.92 Å². The van der Waals surface area contributed by atoms with E-state index in [-0.39, 0.29) is 5.69 Å². The zero-order valence-electron chi connectivity index (χ0n) is 8.21. The average Bonchev–Trinajstić information content (AvgIpc) is 2.65. The van der Waals surface area contributed by atoms with Gasteiger partial charge in [-0.05, 0) is 30.7 Å². The first-order valence-electron chi connectivity index (χ1n) is 4.53. The molecule has 0 atom stereocenters. The van der Waals surface area contributed by atoms with Crippen molar-refractivity contribution in [3.63, 3.8) is 0 Å². The zero-order chi connectivity index (χ0) is 10.8. The van der Waals surface area contributed by atoms with E-state index in [1.807, 2.05) is 31.2 Å². The van der Waals surface area contributed by atoms with E-state index in [0.29, 0.717) is 0 Å². The molecule has 0 amide bonds. The summed E-state index contributed by atoms with van der Waals surface area (Å²) in [5, 5.41) is 12.9. The summed E-state index contributed by atoms with van der Waals surface area (Å²) in [6.45, 7) is 1.95. The lowest BCUT2D eigenvalue weighted by atomic mass is 10.2. The fraction of sp³-hybridized carbons (Fsp3) is 0.0909. The van der Waals surface area contributed by atoms with Crippen LogP contribution in [0.5, 0.6) is 0 Å². The molecule has 1 aromatic heterocycles. The van der Waals surface area contributed by atoms with Gasteiger partial charge in [-0.1, -0.05) is 12.1 Å². The van der Waals surface area contributed by atoms with E-state index in [9.17, 15) is 4.79 Å². The van der Waals surface area contributed by atoms with Crippen molar-refractivity contribution >= 4 is 5.97 Å². The molecule has 1 heterocycles. The largest absolute Gasteiger partial charge is 0.477 e. The molecule has 0 aliphatic heterocycles. The predicted octanol–water partition coefficient (Wildman–Crippen LogP) is 1.88. The Labute approximate surface area is 86.8 Å². The van der Waals surface area contributed by atoms with Crippen LogP contribution in [0.15, 0.2) is 36.5 Å². The minimum atomic E-state index is -0.978. The van der Waals surface area contributed by atoms with Gasteiger partial charge in [0, 0.05) is 0 Å². The SMILES string of the molecule is Cc1cccc(-n2nccc2C(=O)O)c1. The van der Waals surface area contributed by atoms with Crippen LogP contribution < -0.4 is 0 Å². The number of hydrogen-bond donors (Lipinski definition) is 1. The molecular formula is C11H10N2O2. The molecule has 4 nitrogen and oxygen atoms in total. The summed E-state index contributed by atoms with van der Waals surface area (Å²) in [5.41, 5.74) is 2.00. The van der Waals surface area contributed by atoms with Crippen LogP contribution in [0.3, 0.4) is 0 Å². The van der Waals surface area contributed by atoms with Gasteiger partial charge >= 0.3 is 5.97 Å². The third-order valence-electron chi connectivity index (χ3n) is 2.11. The highest BCUT2D eigenvalue weighted by Crippen LogP contribution is 2.11. The highest BCUT2D eigenvalue weighted by Gasteiger charge is 2.10. The number of aryl methyl sites for hydroxylation is 1. The zero-order valence-corrected chi connectivity index (χ0v) is 8.21. The highest BCUT2D eigenvalue weighted by atomic mass is 16.4. The van der Waals surface area contributed by atoms with Gasteiger partial charge in [0.25, 0.3) is 0 Å². The van der Waals surface area contributed by atoms with Gasteiger partial charge in [-0.25, -0.2) is 9.48 Å². The number of carbonyl (C=O) groups is 1. The molecular weight excluding hydrogens is 192 g/mol. The Hall–Kier alpha value is -2.10. The Kier molecular flexibility index (Phi) is 2.25. The van der Waals surface area contributed by atoms with Crippen molar-refractivity contribution < 1.29 is 9.90 Å². The normalized spacial score (nSPS) is 10.2. The van der Waals surface area contributed by atoms with Gasteiger partial charge in [0.05, 0.1) is 11.9 Å². The molecule has 0 aliphatic rings. The van der Waals surface area contributed by atoms with Crippen LogP contribution in [0.1, 0.15) is 16.1 Å². The Morgan fingerprint density at radius 3 is 2.87 bits per heavy atom. The quantitative estimate of drug-likeness (QED) is 0.808. The molecule has 0 saturated heterocycles. The number of nitrogens with zero attached hydrogens (tertiary/aromatic N) is 2. The summed E-state index contributed by atoms with van der Waals surface area (Å²) in [5.74, 6) is -0.978. The van der Waals surface area contributed by atoms with Crippen molar-refractivity contribution in [1.29, 1.82) is 0 Å². The van der Waals surface area contributed by atoms with Gasteiger partial charge < -0.3 is 5.11 Å². The number of carboxylic acids is 1. The van der Waals surface area contributed by atoms with Gasteiger partial charge in [0.1, 0.15) is 0 Å². The Balaban J connectivity index is 2.54. The smallest absolute Gasteiger partial charge is 0.354 e. The molecule has 0 spiro atoms. The Bertz CT molecular complexity index is 503. The van der Waals surface area contributed by atoms with E-state index >= 15 is 0 Å². The molecule has 4 heteroatoms. The third kappa shape index (κ3) is 1.74. The van der Waals surface area contributed by atoms with Crippen molar-refractivity contribution in [3.05, 3.63) is 47.8 Å². The van der Waals surface area contributed by atoms with Crippen LogP contribution in [0.2, 0.25) is 0 Å². The van der Waals surface area contributed by atoms with Gasteiger partial charge in [-0.2, -0.15) is 5.10 Å². The average molecular weight is 202 g/mol. The minimum absolute atomic E-state index is 0.167. The van der Waals surface area contributed by atoms with Crippen molar-refractivity contribution in [2.24, 2.45) is 0 Å². The van der Waals surface area contributed by atoms with E-state index < -0.39 is 5.97 Å². The Morgan fingerprint density at radius 2 is 2.20 bits per heavy atom. The van der Waals surface area contributed by atoms with Crippen molar-refractivity contribution in [3.8, 4) is 5.69 Å². The second-order valence-corrected chi connectivity index (χ2v) is 3.27. The molecule has 0 aliphatic carbocycles. The molecule has 15 heavy (non-hydrogen) atoms. The van der Waals surface area contributed by atoms with E-state index in [4.69, 9.17) is 5.11 Å². The first kappa shape index (κ1) is 9.45. The summed E-state index contributed by atoms with van der Waals surface area (Å²) in [6.07, 6.45) is 1.48. The van der Waals surface area contributed by atoms with Crippen LogP contribution in [-0.4, -0.2) is 20.9 Å². The van der Waals surface area contributed by atoms with Crippen LogP contribution in [0.4, 0.5) is 0 Å². The minimum Gasteiger partial charge on any atom is -0.477 e. The van der Waals surface area contributed by atoms with Crippen molar-refractivity contribution in [2.75, 3.05) is 0 Å². The lowest BCUT2D eigenvalue weighted by molar-refractivity contribution is 0.0687. The van der Waals surface area contributed by atoms with Crippen molar-refractivity contribution in [2.45, 2.75) is 6.92 Å². The van der Waals surface area contributed by atoms with Crippen LogP contribution in [0.25, 0.3) is 5.69 Å². The molecule has 76 valence electrons. The summed E-state index contributed by atoms with van der Waals surface area (Å²) in [7, 11) is 0. The van der Waals surface area contributed by atoms with Gasteiger partial charge in [0.15, 0.2) is 5.69 Å². The van der Waals surface area contributed by atoms with E-state index in [1.54, 1.807) is 0 Å². The fourth-order valence-electron chi connectivity index (χ4n) is 1.43. The van der Waals surface area contributed by atoms with Crippen LogP contribution >= 0.6 is 0 Å². The summed E-state index contributed by atoms with van der Waals surface area (Å²) in [6, 6.07) is 9.02. The van der Waals surface area contributed by atoms with E-state index in [2.05, 4.69) is 5.10 Å². The monoisotopic (exact) mass is 202 g/mol. The fourth-order valence-corrected chi connectivity index (χ4v) is 1.43. The predicted molar refractivity (Wildman–Crippen MR) is 55.3 cm³/mol. The number of benzene rings is 1. The highest BCUT2D eigenvalue weighted by molar-refractivity contribution is 5.86. The second-order valence-electron chi connectivity index (χ2n) is 3.27. The van der Waals surface area contributed by atoms with Crippen molar-refractivity contribution in [1.82, 2.24) is 9.78 Å². The molecule has 0 radical (unpaired) electrons. The molecule has 2 aromatic rings. The number of aromatic carboxylic acids is 1. The number of hydrogen-bond acceptors (Lipinski definition) is 2. The van der Waals surface area contributed by atoms with Crippen LogP contribution in [-0.2, 0) is 0 Å². The first-order valence-corrected chi connectivity index (χ1v) is 4.53. The molecule has 0 bridgehead atoms. The first-order chi connectivity index (χ1) is 7.18. The number of aromatic nitrogens is 2. The van der Waals surface area contributed by atoms with E-state index in [0.717, 1.165) is 11.3 Å². The molecule has 0 fully saturated rings. The molecule has 0 unspecified atom stereocenters. The standard InChI is InChI=1S/C11H10N2O2/c1-8-3-2-4-9(7-8)13-10(11(14)15)5-6-12-13/h2-7H,1H3,(H,14,15). The number of rotatable bonds is 2. The van der Waals surface area contributed by atoms with Gasteiger partial charge in [-0.3, -0.25) is 0 Å². The molecule has 1 N–H and O–H groups in total. The third-order valence-corrected chi connectivity index (χ3v) is 2.11. The lowest BCUT2D eigenvalue weighted by Gasteiger charge is -2.04. The topological polar surface area (TPSA) is 55.1 Å². The lowest BCUT2D eigenvalue weighted by Crippen LogP contribution is -2.07. The maximum atomic E-state index is 10.9. The number of carboxylic acid groups (broad SMARTS) is 1. The van der Waals surface area contributed by atoms with Gasteiger partial charge in [-0.15, -0.1) is 0 Å². The summed E-state index contributed by atoms with van der Waals surface area (Å²) < 4.78 is 1.41. The summed E-state index contributed by atoms with van der Waals surface area (Å²) >= 11 is 0. The maximum absolute atomic E-state index is 10.9. The summed E-state index contributed by atoms with van der Waals surface area (Å²) in [4.78, 5) is 10.9. The van der Waals surface area contributed by atoms with E-state index in [1.165, 1.54) is 16.9 Å². The molecule has 1 aromatic carbocycles. The molecule has 2 rings (SSSR count). The maximum Gasteiger partial charge on any atom is 0.354 e. The Morgan fingerprint density at radius 1 is 1.40 bits per heavy atom. The molecule has 0 saturated carbocycles. The van der Waals surface area contributed by atoms with Gasteiger partial charge in [0.2, 0.25) is 0 Å². The second kappa shape index (κ2) is 3.57.